The van der Waals surface area contributed by atoms with Crippen molar-refractivity contribution in [2.24, 2.45) is 0 Å². The molecule has 0 radical (unpaired) electrons. The van der Waals surface area contributed by atoms with E-state index < -0.39 is 5.41 Å². The van der Waals surface area contributed by atoms with Gasteiger partial charge >= 0.3 is 0 Å². The Morgan fingerprint density at radius 3 is 1.00 bits per heavy atom. The maximum atomic E-state index is 6.72. The highest BCUT2D eigenvalue weighted by Crippen LogP contribution is 2.64. The molecular formula is C85H72N6O2. The molecule has 454 valence electrons. The zero-order valence-corrected chi connectivity index (χ0v) is 53.4. The van der Waals surface area contributed by atoms with Crippen LogP contribution in [0.15, 0.2) is 270 Å². The molecule has 0 N–H and O–H groups in total. The van der Waals surface area contributed by atoms with E-state index >= 15 is 0 Å². The number of anilines is 5. The van der Waals surface area contributed by atoms with Crippen LogP contribution in [0.3, 0.4) is 0 Å². The summed E-state index contributed by atoms with van der Waals surface area (Å²) in [5.41, 5.74) is 24.4. The molecule has 1 saturated carbocycles. The van der Waals surface area contributed by atoms with Crippen LogP contribution in [0.4, 0.5) is 28.4 Å². The number of hydrogen-bond donors (Lipinski definition) is 0. The molecule has 1 fully saturated rings. The minimum absolute atomic E-state index is 0.00435. The molecule has 1 spiro atoms. The molecule has 3 aliphatic carbocycles. The Labute approximate surface area is 544 Å². The third-order valence-corrected chi connectivity index (χ3v) is 19.6. The van der Waals surface area contributed by atoms with Crippen molar-refractivity contribution < 1.29 is 8.83 Å². The first kappa shape index (κ1) is 57.5. The van der Waals surface area contributed by atoms with Gasteiger partial charge in [0.2, 0.25) is 23.6 Å². The number of benzene rings is 11. The molecule has 16 rings (SSSR count). The molecule has 0 aliphatic heterocycles. The van der Waals surface area contributed by atoms with Crippen LogP contribution in [-0.4, -0.2) is 26.4 Å². The summed E-state index contributed by atoms with van der Waals surface area (Å²) in [6.45, 7) is 13.4. The second-order valence-electron chi connectivity index (χ2n) is 27.4. The fraction of sp³-hybridized carbons (Fsp3) is 0.176. The molecule has 11 aromatic carbocycles. The van der Waals surface area contributed by atoms with Crippen molar-refractivity contribution in [3.05, 3.63) is 294 Å². The molecule has 1 atom stereocenters. The van der Waals surface area contributed by atoms with Crippen LogP contribution in [0.25, 0.3) is 90.3 Å². The number of rotatable bonds is 12. The Morgan fingerprint density at radius 1 is 0.312 bits per heavy atom. The highest BCUT2D eigenvalue weighted by molar-refractivity contribution is 5.98. The van der Waals surface area contributed by atoms with Gasteiger partial charge in [-0.1, -0.05) is 200 Å². The second kappa shape index (κ2) is 22.9. The molecule has 13 aromatic rings. The fourth-order valence-electron chi connectivity index (χ4n) is 14.7. The number of aromatic nitrogens is 4. The zero-order valence-electron chi connectivity index (χ0n) is 53.4. The second-order valence-corrected chi connectivity index (χ2v) is 27.4. The van der Waals surface area contributed by atoms with Crippen molar-refractivity contribution >= 4 is 28.4 Å². The van der Waals surface area contributed by atoms with Crippen molar-refractivity contribution in [3.8, 4) is 90.3 Å². The van der Waals surface area contributed by atoms with E-state index in [4.69, 9.17) is 19.0 Å². The molecule has 0 bridgehead atoms. The first-order valence-corrected chi connectivity index (χ1v) is 32.8. The van der Waals surface area contributed by atoms with E-state index in [1.165, 1.54) is 65.7 Å². The average molecular weight is 1210 g/mol. The normalized spacial score (nSPS) is 15.0. The molecule has 0 saturated heterocycles. The number of para-hydroxylation sites is 3. The summed E-state index contributed by atoms with van der Waals surface area (Å²) in [4.78, 5) is 4.89. The molecule has 93 heavy (non-hydrogen) atoms. The first-order chi connectivity index (χ1) is 45.3. The molecule has 2 aromatic heterocycles. The van der Waals surface area contributed by atoms with Crippen molar-refractivity contribution in [3.63, 3.8) is 0 Å². The highest BCUT2D eigenvalue weighted by Gasteiger charge is 2.52. The Kier molecular flexibility index (Phi) is 14.1. The van der Waals surface area contributed by atoms with Crippen LogP contribution in [-0.2, 0) is 16.2 Å². The number of hydrogen-bond acceptors (Lipinski definition) is 8. The summed E-state index contributed by atoms with van der Waals surface area (Å²) >= 11 is 0. The van der Waals surface area contributed by atoms with Crippen LogP contribution >= 0.6 is 0 Å². The largest absolute Gasteiger partial charge is 0.416 e. The SMILES string of the molecule is CC(C)(C)c1ccc(-c2nnc(-c3ccc4c(c3)C3(c5cc(-c6ccc(N(c7ccccc7)c7ccccc7)cc6)ccc5-4)c4cc(-c5ccc(N(c6ccccc6)C6CCCCC6)cc5)ccc4-c4ccc(-c5nnc(-c6ccc(C(C)(C)C)cc6)o5)cc43)o2)cc1. The lowest BCUT2D eigenvalue weighted by Crippen LogP contribution is -2.32. The standard InChI is InChI=1S/C85H72N6O2/c1-83(2,3)63-39-27-57(28-40-63)79-86-88-81(92-79)61-37-49-73-71-47-35-59(55-31-43-69(44-32-55)90(65-19-11-7-12-20-65)66-21-13-8-14-22-66)51-75(71)85(77(73)53-61)76-52-60(56-33-45-70(46-34-56)91(67-23-15-9-16-24-67)68-25-17-10-18-26-68)36-48-72(76)74-50-38-62(54-78(74)85)82-89-87-80(93-82)58-29-41-64(42-30-58)84(4,5)6/h7-9,11-16,19-24,27-54,68H,10,17-18,25-26H2,1-6H3. The van der Waals surface area contributed by atoms with Gasteiger partial charge in [0.1, 0.15) is 0 Å². The van der Waals surface area contributed by atoms with Crippen LogP contribution < -0.4 is 9.80 Å². The van der Waals surface area contributed by atoms with Gasteiger partial charge in [0.25, 0.3) is 0 Å². The Balaban J connectivity index is 0.880. The molecular weight excluding hydrogens is 1140 g/mol. The summed E-state index contributed by atoms with van der Waals surface area (Å²) < 4.78 is 13.4. The average Bonchev–Trinajstić information content (AvgIpc) is 1.51. The summed E-state index contributed by atoms with van der Waals surface area (Å²) in [5.74, 6) is 1.85. The maximum absolute atomic E-state index is 6.72. The number of nitrogens with zero attached hydrogens (tertiary/aromatic N) is 6. The van der Waals surface area contributed by atoms with E-state index in [1.54, 1.807) is 0 Å². The van der Waals surface area contributed by atoms with Crippen LogP contribution in [0, 0.1) is 0 Å². The van der Waals surface area contributed by atoms with Crippen LogP contribution in [0.5, 0.6) is 0 Å². The van der Waals surface area contributed by atoms with Crippen LogP contribution in [0.1, 0.15) is 107 Å². The summed E-state index contributed by atoms with van der Waals surface area (Å²) in [6, 6.07) is 95.5. The lowest BCUT2D eigenvalue weighted by atomic mass is 9.69. The van der Waals surface area contributed by atoms with Gasteiger partial charge in [0.05, 0.1) is 5.41 Å². The number of fused-ring (bicyclic) bond motifs is 10. The molecule has 8 nitrogen and oxygen atoms in total. The maximum Gasteiger partial charge on any atom is 0.248 e. The van der Waals surface area contributed by atoms with Gasteiger partial charge in [0, 0.05) is 56.7 Å². The molecule has 1 unspecified atom stereocenters. The lowest BCUT2D eigenvalue weighted by Gasteiger charge is -2.36. The summed E-state index contributed by atoms with van der Waals surface area (Å²) in [6.07, 6.45) is 6.17. The highest BCUT2D eigenvalue weighted by atomic mass is 16.4. The topological polar surface area (TPSA) is 84.3 Å². The van der Waals surface area contributed by atoms with Gasteiger partial charge in [-0.2, -0.15) is 0 Å². The van der Waals surface area contributed by atoms with E-state index in [0.717, 1.165) is 95.0 Å². The van der Waals surface area contributed by atoms with Crippen molar-refractivity contribution in [1.29, 1.82) is 0 Å². The molecule has 2 heterocycles. The van der Waals surface area contributed by atoms with Gasteiger partial charge in [0.15, 0.2) is 0 Å². The monoisotopic (exact) mass is 1210 g/mol. The van der Waals surface area contributed by atoms with E-state index in [9.17, 15) is 0 Å². The van der Waals surface area contributed by atoms with Crippen molar-refractivity contribution in [2.75, 3.05) is 9.80 Å². The zero-order chi connectivity index (χ0) is 63.0. The van der Waals surface area contributed by atoms with Gasteiger partial charge in [-0.05, 0) is 223 Å². The molecule has 0 amide bonds. The quantitative estimate of drug-likeness (QED) is 0.120. The van der Waals surface area contributed by atoms with E-state index in [1.807, 2.05) is 0 Å². The third-order valence-electron chi connectivity index (χ3n) is 19.6. The van der Waals surface area contributed by atoms with Gasteiger partial charge in [-0.3, -0.25) is 0 Å². The predicted molar refractivity (Wildman–Crippen MR) is 379 cm³/mol. The summed E-state index contributed by atoms with van der Waals surface area (Å²) in [5, 5.41) is 19.0. The Bertz CT molecular complexity index is 4730. The lowest BCUT2D eigenvalue weighted by molar-refractivity contribution is 0.436. The summed E-state index contributed by atoms with van der Waals surface area (Å²) in [7, 11) is 0. The van der Waals surface area contributed by atoms with Crippen molar-refractivity contribution in [1.82, 2.24) is 20.4 Å². The van der Waals surface area contributed by atoms with E-state index in [-0.39, 0.29) is 10.8 Å². The minimum atomic E-state index is -0.868. The third kappa shape index (κ3) is 10.3. The first-order valence-electron chi connectivity index (χ1n) is 32.8. The van der Waals surface area contributed by atoms with E-state index in [0.29, 0.717) is 29.6 Å². The predicted octanol–water partition coefficient (Wildman–Crippen LogP) is 22.3. The van der Waals surface area contributed by atoms with Gasteiger partial charge in [-0.15, -0.1) is 20.4 Å². The Morgan fingerprint density at radius 2 is 0.613 bits per heavy atom. The molecule has 3 aliphatic rings. The van der Waals surface area contributed by atoms with Gasteiger partial charge < -0.3 is 18.6 Å². The van der Waals surface area contributed by atoms with E-state index in [2.05, 4.69) is 322 Å². The Hall–Kier alpha value is -10.7. The minimum Gasteiger partial charge on any atom is -0.416 e. The fourth-order valence-corrected chi connectivity index (χ4v) is 14.7. The molecule has 8 heteroatoms. The smallest absolute Gasteiger partial charge is 0.248 e. The van der Waals surface area contributed by atoms with Crippen LogP contribution in [0.2, 0.25) is 0 Å². The van der Waals surface area contributed by atoms with Crippen molar-refractivity contribution in [2.45, 2.75) is 95.9 Å². The van der Waals surface area contributed by atoms with Gasteiger partial charge in [-0.25, -0.2) is 0 Å².